The van der Waals surface area contributed by atoms with Gasteiger partial charge < -0.3 is 15.7 Å². The van der Waals surface area contributed by atoms with Gasteiger partial charge in [0, 0.05) is 27.2 Å². The Hall–Kier alpha value is -1.65. The minimum Gasteiger partial charge on any atom is -0.385 e. The van der Waals surface area contributed by atoms with E-state index in [4.69, 9.17) is 5.73 Å². The number of hydrogen-bond acceptors (Lipinski definition) is 3. The molecule has 1 aliphatic rings. The number of rotatable bonds is 5. The monoisotopic (exact) mass is 504 g/mol. The molecule has 2 aromatic carbocycles. The van der Waals surface area contributed by atoms with E-state index < -0.39 is 35.0 Å². The molecule has 4 nitrogen and oxygen atoms in total. The van der Waals surface area contributed by atoms with Gasteiger partial charge in [0.05, 0.1) is 13.1 Å². The van der Waals surface area contributed by atoms with Crippen molar-refractivity contribution in [3.63, 3.8) is 0 Å². The summed E-state index contributed by atoms with van der Waals surface area (Å²) in [5, 5.41) is 10.4. The fraction of sp³-hybridized carbons (Fsp3) is 0.350. The van der Waals surface area contributed by atoms with E-state index in [2.05, 4.69) is 0 Å². The highest BCUT2D eigenvalue weighted by molar-refractivity contribution is 14.1. The first-order chi connectivity index (χ1) is 13.2. The summed E-state index contributed by atoms with van der Waals surface area (Å²) >= 11 is 1.95. The molecule has 0 bridgehead atoms. The third kappa shape index (κ3) is 3.90. The molecule has 1 heterocycles. The average molecular weight is 504 g/mol. The van der Waals surface area contributed by atoms with Crippen LogP contribution >= 0.6 is 22.6 Å². The molecule has 3 rings (SSSR count). The van der Waals surface area contributed by atoms with E-state index in [9.17, 15) is 23.1 Å². The first kappa shape index (κ1) is 21.1. The Morgan fingerprint density at radius 2 is 1.93 bits per heavy atom. The topological polar surface area (TPSA) is 66.6 Å². The summed E-state index contributed by atoms with van der Waals surface area (Å²) in [6, 6.07) is 6.01. The standard InChI is InChI=1S/C20H20F3IN2O2/c1-2-17(25)20(28)9-26(10-20)19(27)13-5-6-15(21)18(23)14(13)7-11-3-4-12(24)8-16(11)22/h3-6,8,17,28H,2,7,9-10,25H2,1H3/t17-/m0/s1. The van der Waals surface area contributed by atoms with Gasteiger partial charge in [0.2, 0.25) is 0 Å². The van der Waals surface area contributed by atoms with Gasteiger partial charge in [0.25, 0.3) is 5.91 Å². The maximum atomic E-state index is 14.5. The zero-order valence-electron chi connectivity index (χ0n) is 15.2. The summed E-state index contributed by atoms with van der Waals surface area (Å²) in [5.41, 5.74) is 4.59. The number of benzene rings is 2. The molecule has 150 valence electrons. The zero-order valence-corrected chi connectivity index (χ0v) is 17.3. The van der Waals surface area contributed by atoms with Crippen LogP contribution in [0, 0.1) is 21.0 Å². The molecule has 0 saturated carbocycles. The summed E-state index contributed by atoms with van der Waals surface area (Å²) in [6.07, 6.45) is 0.279. The first-order valence-corrected chi connectivity index (χ1v) is 9.92. The normalized spacial score (nSPS) is 16.6. The Balaban J connectivity index is 1.90. The largest absolute Gasteiger partial charge is 0.385 e. The van der Waals surface area contributed by atoms with E-state index in [1.54, 1.807) is 6.07 Å². The van der Waals surface area contributed by atoms with E-state index in [0.717, 1.165) is 6.07 Å². The lowest BCUT2D eigenvalue weighted by Crippen LogP contribution is -2.70. The maximum absolute atomic E-state index is 14.5. The van der Waals surface area contributed by atoms with Crippen LogP contribution in [0.5, 0.6) is 0 Å². The van der Waals surface area contributed by atoms with Gasteiger partial charge in [-0.15, -0.1) is 0 Å². The highest BCUT2D eigenvalue weighted by atomic mass is 127. The Bertz CT molecular complexity index is 917. The third-order valence-corrected chi connectivity index (χ3v) is 5.83. The second-order valence-corrected chi connectivity index (χ2v) is 8.33. The number of halogens is 4. The van der Waals surface area contributed by atoms with Crippen LogP contribution in [0.15, 0.2) is 30.3 Å². The minimum absolute atomic E-state index is 0.0111. The number of β-amino-alcohol motifs (C(OH)–C–C–N with tert-alkyl or cyclic N) is 1. The van der Waals surface area contributed by atoms with E-state index >= 15 is 0 Å². The van der Waals surface area contributed by atoms with Crippen LogP contribution < -0.4 is 5.73 Å². The van der Waals surface area contributed by atoms with E-state index in [0.29, 0.717) is 9.99 Å². The average Bonchev–Trinajstić information content (AvgIpc) is 2.63. The molecule has 0 aromatic heterocycles. The zero-order chi connectivity index (χ0) is 20.6. The number of carbonyl (C=O) groups excluding carboxylic acids is 1. The molecule has 1 aliphatic heterocycles. The number of amides is 1. The highest BCUT2D eigenvalue weighted by Gasteiger charge is 2.47. The molecule has 1 saturated heterocycles. The molecule has 0 unspecified atom stereocenters. The minimum atomic E-state index is -1.19. The molecule has 3 N–H and O–H groups in total. The van der Waals surface area contributed by atoms with Crippen molar-refractivity contribution in [1.29, 1.82) is 0 Å². The Morgan fingerprint density at radius 1 is 1.25 bits per heavy atom. The molecule has 1 amide bonds. The van der Waals surface area contributed by atoms with Crippen LogP contribution in [0.25, 0.3) is 0 Å². The summed E-state index contributed by atoms with van der Waals surface area (Å²) in [5.74, 6) is -3.38. The van der Waals surface area contributed by atoms with Gasteiger partial charge in [-0.2, -0.15) is 0 Å². The van der Waals surface area contributed by atoms with Crippen molar-refractivity contribution in [2.75, 3.05) is 13.1 Å². The van der Waals surface area contributed by atoms with Gasteiger partial charge >= 0.3 is 0 Å². The third-order valence-electron chi connectivity index (χ3n) is 5.16. The molecule has 1 atom stereocenters. The Labute approximate surface area is 174 Å². The smallest absolute Gasteiger partial charge is 0.254 e. The van der Waals surface area contributed by atoms with Gasteiger partial charge in [-0.1, -0.05) is 13.0 Å². The van der Waals surface area contributed by atoms with E-state index in [1.807, 2.05) is 29.5 Å². The van der Waals surface area contributed by atoms with Crippen molar-refractivity contribution in [2.24, 2.45) is 5.73 Å². The number of hydrogen-bond donors (Lipinski definition) is 2. The summed E-state index contributed by atoms with van der Waals surface area (Å²) in [4.78, 5) is 14.2. The van der Waals surface area contributed by atoms with Crippen LogP contribution in [0.4, 0.5) is 13.2 Å². The van der Waals surface area contributed by atoms with Gasteiger partial charge in [0.15, 0.2) is 11.6 Å². The van der Waals surface area contributed by atoms with Crippen LogP contribution in [-0.2, 0) is 6.42 Å². The second kappa shape index (κ2) is 8.00. The van der Waals surface area contributed by atoms with Crippen molar-refractivity contribution < 1.29 is 23.1 Å². The quantitative estimate of drug-likeness (QED) is 0.615. The molecule has 0 radical (unpaired) electrons. The fourth-order valence-electron chi connectivity index (χ4n) is 3.36. The van der Waals surface area contributed by atoms with Crippen molar-refractivity contribution >= 4 is 28.5 Å². The van der Waals surface area contributed by atoms with Crippen LogP contribution in [0.3, 0.4) is 0 Å². The summed E-state index contributed by atoms with van der Waals surface area (Å²) in [7, 11) is 0. The number of likely N-dealkylation sites (tertiary alicyclic amines) is 1. The molecule has 0 spiro atoms. The van der Waals surface area contributed by atoms with Crippen LogP contribution in [0.1, 0.15) is 34.8 Å². The summed E-state index contributed by atoms with van der Waals surface area (Å²) in [6.45, 7) is 1.85. The number of nitrogens with zero attached hydrogens (tertiary/aromatic N) is 1. The number of aliphatic hydroxyl groups is 1. The van der Waals surface area contributed by atoms with Crippen LogP contribution in [-0.4, -0.2) is 40.6 Å². The second-order valence-electron chi connectivity index (χ2n) is 7.08. The SMILES string of the molecule is CC[C@H](N)C1(O)CN(C(=O)c2ccc(F)c(F)c2Cc2ccc(I)cc2F)C1. The predicted molar refractivity (Wildman–Crippen MR) is 107 cm³/mol. The lowest BCUT2D eigenvalue weighted by molar-refractivity contribution is -0.0971. The maximum Gasteiger partial charge on any atom is 0.254 e. The predicted octanol–water partition coefficient (Wildman–Crippen LogP) is 3.22. The van der Waals surface area contributed by atoms with Crippen molar-refractivity contribution in [3.8, 4) is 0 Å². The van der Waals surface area contributed by atoms with Gasteiger partial charge in [0.1, 0.15) is 11.4 Å². The Kier molecular flexibility index (Phi) is 6.02. The lowest BCUT2D eigenvalue weighted by atomic mass is 9.84. The van der Waals surface area contributed by atoms with Gasteiger partial charge in [-0.25, -0.2) is 13.2 Å². The molecule has 8 heteroatoms. The summed E-state index contributed by atoms with van der Waals surface area (Å²) < 4.78 is 43.2. The number of nitrogens with two attached hydrogens (primary N) is 1. The van der Waals surface area contributed by atoms with Crippen molar-refractivity contribution in [3.05, 3.63) is 68.0 Å². The van der Waals surface area contributed by atoms with Gasteiger partial charge in [-0.05, 0) is 58.8 Å². The molecule has 28 heavy (non-hydrogen) atoms. The molecule has 1 fully saturated rings. The molecular weight excluding hydrogens is 484 g/mol. The van der Waals surface area contributed by atoms with Crippen molar-refractivity contribution in [1.82, 2.24) is 4.90 Å². The molecule has 0 aliphatic carbocycles. The number of carbonyl (C=O) groups is 1. The van der Waals surface area contributed by atoms with Crippen LogP contribution in [0.2, 0.25) is 0 Å². The molecule has 2 aromatic rings. The van der Waals surface area contributed by atoms with Gasteiger partial charge in [-0.3, -0.25) is 4.79 Å². The van der Waals surface area contributed by atoms with Crippen molar-refractivity contribution in [2.45, 2.75) is 31.4 Å². The fourth-order valence-corrected chi connectivity index (χ4v) is 3.82. The first-order valence-electron chi connectivity index (χ1n) is 8.84. The van der Waals surface area contributed by atoms with E-state index in [1.165, 1.54) is 23.1 Å². The van der Waals surface area contributed by atoms with E-state index in [-0.39, 0.29) is 36.2 Å². The molecular formula is C20H20F3IN2O2. The highest BCUT2D eigenvalue weighted by Crippen LogP contribution is 2.29. The lowest BCUT2D eigenvalue weighted by Gasteiger charge is -2.49. The Morgan fingerprint density at radius 3 is 2.54 bits per heavy atom.